The molecule has 0 radical (unpaired) electrons. The highest BCUT2D eigenvalue weighted by molar-refractivity contribution is 7.98. The van der Waals surface area contributed by atoms with Crippen LogP contribution in [0, 0.1) is 0 Å². The lowest BCUT2D eigenvalue weighted by Gasteiger charge is -2.25. The Bertz CT molecular complexity index is 939. The average molecular weight is 469 g/mol. The molecule has 2 aliphatic rings. The van der Waals surface area contributed by atoms with Crippen LogP contribution in [0.2, 0.25) is 10.0 Å². The van der Waals surface area contributed by atoms with Crippen molar-refractivity contribution in [3.05, 3.63) is 49.8 Å². The molecule has 4 rings (SSSR count). The van der Waals surface area contributed by atoms with E-state index in [1.807, 2.05) is 11.8 Å². The third-order valence-corrected chi connectivity index (χ3v) is 8.35. The Kier molecular flexibility index (Phi) is 6.87. The van der Waals surface area contributed by atoms with Gasteiger partial charge in [0.15, 0.2) is 5.78 Å². The molecule has 1 aromatic heterocycles. The number of benzene rings is 1. The van der Waals surface area contributed by atoms with Crippen LogP contribution in [0.5, 0.6) is 0 Å². The van der Waals surface area contributed by atoms with E-state index in [-0.39, 0.29) is 11.7 Å². The number of nitrogens with zero attached hydrogens (tertiary/aromatic N) is 1. The Morgan fingerprint density at radius 3 is 2.66 bits per heavy atom. The molecule has 1 N–H and O–H groups in total. The highest BCUT2D eigenvalue weighted by Crippen LogP contribution is 2.41. The quantitative estimate of drug-likeness (QED) is 0.588. The summed E-state index contributed by atoms with van der Waals surface area (Å²) in [5.41, 5.74) is 2.18. The Morgan fingerprint density at radius 2 is 1.90 bits per heavy atom. The van der Waals surface area contributed by atoms with Gasteiger partial charge in [-0.05, 0) is 61.9 Å². The van der Waals surface area contributed by atoms with Crippen molar-refractivity contribution < 1.29 is 9.59 Å². The van der Waals surface area contributed by atoms with Gasteiger partial charge in [0.05, 0.1) is 22.2 Å². The monoisotopic (exact) mass is 468 g/mol. The number of piperidine rings is 1. The molecule has 0 atom stereocenters. The molecule has 0 spiro atoms. The zero-order valence-corrected chi connectivity index (χ0v) is 19.1. The van der Waals surface area contributed by atoms with E-state index in [1.165, 1.54) is 22.6 Å². The number of hydrogen-bond acceptors (Lipinski definition) is 5. The van der Waals surface area contributed by atoms with Crippen LogP contribution in [-0.2, 0) is 17.0 Å². The molecule has 0 unspecified atom stereocenters. The number of amides is 1. The predicted molar refractivity (Wildman–Crippen MR) is 123 cm³/mol. The number of nitrogens with one attached hydrogen (secondary N) is 1. The minimum atomic E-state index is -0.110. The van der Waals surface area contributed by atoms with Crippen molar-refractivity contribution in [2.75, 3.05) is 30.7 Å². The fourth-order valence-corrected chi connectivity index (χ4v) is 6.52. The number of halogens is 2. The maximum absolute atomic E-state index is 13.4. The van der Waals surface area contributed by atoms with Crippen molar-refractivity contribution in [3.63, 3.8) is 0 Å². The Morgan fingerprint density at radius 1 is 1.10 bits per heavy atom. The first kappa shape index (κ1) is 21.2. The van der Waals surface area contributed by atoms with E-state index in [9.17, 15) is 9.59 Å². The minimum absolute atomic E-state index is 0.0543. The molecule has 0 aliphatic carbocycles. The largest absolute Gasteiger partial charge is 0.316 e. The minimum Gasteiger partial charge on any atom is -0.316 e. The number of fused-ring (bicyclic) bond motifs is 1. The summed E-state index contributed by atoms with van der Waals surface area (Å²) in [7, 11) is 0. The van der Waals surface area contributed by atoms with Crippen LogP contribution in [0.15, 0.2) is 18.2 Å². The van der Waals surface area contributed by atoms with Crippen molar-refractivity contribution >= 4 is 63.0 Å². The number of rotatable bonds is 5. The Balaban J connectivity index is 1.61. The van der Waals surface area contributed by atoms with Crippen LogP contribution < -0.4 is 5.32 Å². The van der Waals surface area contributed by atoms with E-state index in [1.54, 1.807) is 18.2 Å². The zero-order chi connectivity index (χ0) is 20.4. The van der Waals surface area contributed by atoms with Crippen LogP contribution >= 0.6 is 46.3 Å². The van der Waals surface area contributed by atoms with Crippen molar-refractivity contribution in [2.24, 2.45) is 0 Å². The fraction of sp³-hybridized carbons (Fsp3) is 0.429. The number of carbonyl (C=O) groups is 2. The summed E-state index contributed by atoms with van der Waals surface area (Å²) in [4.78, 5) is 29.4. The summed E-state index contributed by atoms with van der Waals surface area (Å²) in [5, 5.41) is 4.48. The Hall–Kier alpha value is -1.05. The molecule has 3 heterocycles. The molecular weight excluding hydrogens is 447 g/mol. The molecule has 0 saturated carbocycles. The average Bonchev–Trinajstić information content (AvgIpc) is 3.07. The second-order valence-electron chi connectivity index (χ2n) is 7.35. The van der Waals surface area contributed by atoms with Crippen LogP contribution in [0.3, 0.4) is 0 Å². The molecular formula is C21H22Cl2N2O2S2. The molecule has 1 fully saturated rings. The second-order valence-corrected chi connectivity index (χ2v) is 10.4. The van der Waals surface area contributed by atoms with Crippen LogP contribution in [0.25, 0.3) is 0 Å². The van der Waals surface area contributed by atoms with Crippen molar-refractivity contribution in [1.29, 1.82) is 0 Å². The zero-order valence-electron chi connectivity index (χ0n) is 15.9. The first-order valence-electron chi connectivity index (χ1n) is 9.77. The smallest absolute Gasteiger partial charge is 0.239 e. The van der Waals surface area contributed by atoms with Gasteiger partial charge in [-0.2, -0.15) is 11.8 Å². The number of hydrogen-bond donors (Lipinski definition) is 1. The number of anilines is 1. The molecule has 1 saturated heterocycles. The lowest BCUT2D eigenvalue weighted by Crippen LogP contribution is -2.36. The topological polar surface area (TPSA) is 49.4 Å². The second kappa shape index (κ2) is 9.40. The summed E-state index contributed by atoms with van der Waals surface area (Å²) in [5.74, 6) is 1.69. The highest BCUT2D eigenvalue weighted by atomic mass is 35.5. The third kappa shape index (κ3) is 4.83. The standard InChI is InChI=1S/C21H22Cl2N2O2S2/c22-15-5-4-13(10-16(15)23)20(27)19-14-6-9-28-12-17(14)29-21(19)24-18(26)11-25-7-2-1-3-8-25/h4-5,10H,1-3,6-9,11-12H2,(H,24,26). The number of carbonyl (C=O) groups excluding carboxylic acids is 2. The van der Waals surface area contributed by atoms with Gasteiger partial charge >= 0.3 is 0 Å². The van der Waals surface area contributed by atoms with Crippen molar-refractivity contribution in [1.82, 2.24) is 4.90 Å². The maximum Gasteiger partial charge on any atom is 0.239 e. The number of thiophene rings is 1. The molecule has 154 valence electrons. The molecule has 2 aromatic rings. The predicted octanol–water partition coefficient (Wildman–Crippen LogP) is 5.50. The molecule has 2 aliphatic heterocycles. The van der Waals surface area contributed by atoms with Crippen molar-refractivity contribution in [3.8, 4) is 0 Å². The summed E-state index contributed by atoms with van der Waals surface area (Å²) >= 11 is 15.5. The molecule has 8 heteroatoms. The van der Waals surface area contributed by atoms with E-state index in [2.05, 4.69) is 10.2 Å². The van der Waals surface area contributed by atoms with E-state index >= 15 is 0 Å². The molecule has 1 aromatic carbocycles. The lowest BCUT2D eigenvalue weighted by atomic mass is 9.98. The highest BCUT2D eigenvalue weighted by Gasteiger charge is 2.28. The van der Waals surface area contributed by atoms with Gasteiger partial charge in [-0.3, -0.25) is 14.5 Å². The van der Waals surface area contributed by atoms with Gasteiger partial charge in [0, 0.05) is 16.2 Å². The summed E-state index contributed by atoms with van der Waals surface area (Å²) in [6.07, 6.45) is 4.34. The molecule has 4 nitrogen and oxygen atoms in total. The molecule has 29 heavy (non-hydrogen) atoms. The van der Waals surface area contributed by atoms with Crippen LogP contribution in [-0.4, -0.2) is 42.0 Å². The van der Waals surface area contributed by atoms with Gasteiger partial charge < -0.3 is 5.32 Å². The van der Waals surface area contributed by atoms with Crippen LogP contribution in [0.1, 0.15) is 45.6 Å². The first-order chi connectivity index (χ1) is 14.0. The van der Waals surface area contributed by atoms with E-state index in [0.29, 0.717) is 32.7 Å². The normalized spacial score (nSPS) is 17.0. The fourth-order valence-electron chi connectivity index (χ4n) is 3.83. The van der Waals surface area contributed by atoms with E-state index < -0.39 is 0 Å². The van der Waals surface area contributed by atoms with Gasteiger partial charge in [0.2, 0.25) is 5.91 Å². The van der Waals surface area contributed by atoms with Gasteiger partial charge in [-0.1, -0.05) is 29.6 Å². The van der Waals surface area contributed by atoms with E-state index in [4.69, 9.17) is 23.2 Å². The summed E-state index contributed by atoms with van der Waals surface area (Å²) < 4.78 is 0. The van der Waals surface area contributed by atoms with E-state index in [0.717, 1.165) is 49.4 Å². The Labute approximate surface area is 188 Å². The summed E-state index contributed by atoms with van der Waals surface area (Å²) in [6.45, 7) is 2.29. The number of thioether (sulfide) groups is 1. The van der Waals surface area contributed by atoms with Gasteiger partial charge in [0.1, 0.15) is 5.00 Å². The molecule has 0 bridgehead atoms. The SMILES string of the molecule is O=C(CN1CCCCC1)Nc1sc2c(c1C(=O)c1ccc(Cl)c(Cl)c1)CCSC2. The van der Waals surface area contributed by atoms with Gasteiger partial charge in [-0.25, -0.2) is 0 Å². The van der Waals surface area contributed by atoms with Gasteiger partial charge in [-0.15, -0.1) is 11.3 Å². The molecule has 1 amide bonds. The van der Waals surface area contributed by atoms with Crippen molar-refractivity contribution in [2.45, 2.75) is 31.4 Å². The third-order valence-electron chi connectivity index (χ3n) is 5.30. The first-order valence-corrected chi connectivity index (χ1v) is 12.5. The summed E-state index contributed by atoms with van der Waals surface area (Å²) in [6, 6.07) is 4.94. The van der Waals surface area contributed by atoms with Gasteiger partial charge in [0.25, 0.3) is 0 Å². The maximum atomic E-state index is 13.4. The lowest BCUT2D eigenvalue weighted by molar-refractivity contribution is -0.117. The van der Waals surface area contributed by atoms with Crippen LogP contribution in [0.4, 0.5) is 5.00 Å². The number of ketones is 1. The number of likely N-dealkylation sites (tertiary alicyclic amines) is 1.